The van der Waals surface area contributed by atoms with Crippen molar-refractivity contribution in [2.75, 3.05) is 0 Å². The number of rotatable bonds is 5. The normalized spacial score (nSPS) is 13.1. The van der Waals surface area contributed by atoms with Gasteiger partial charge in [-0.05, 0) is 26.0 Å². The summed E-state index contributed by atoms with van der Waals surface area (Å²) in [6.07, 6.45) is -7.12. The van der Waals surface area contributed by atoms with Crippen molar-refractivity contribution in [3.63, 3.8) is 0 Å². The molecule has 1 rings (SSSR count). The second-order valence-corrected chi connectivity index (χ2v) is 4.65. The van der Waals surface area contributed by atoms with Crippen molar-refractivity contribution in [3.05, 3.63) is 24.3 Å². The number of carbonyl (C=O) groups excluding carboxylic acids is 1. The third kappa shape index (κ3) is 3.85. The molecule has 0 bridgehead atoms. The van der Waals surface area contributed by atoms with Crippen molar-refractivity contribution in [2.24, 2.45) is 0 Å². The van der Waals surface area contributed by atoms with Crippen LogP contribution >= 0.6 is 0 Å². The zero-order valence-corrected chi connectivity index (χ0v) is 11.8. The predicted octanol–water partition coefficient (Wildman–Crippen LogP) is 4.21. The van der Waals surface area contributed by atoms with E-state index in [-0.39, 0.29) is 5.75 Å². The monoisotopic (exact) mass is 348 g/mol. The molecule has 23 heavy (non-hydrogen) atoms. The van der Waals surface area contributed by atoms with Crippen molar-refractivity contribution >= 4 is 5.97 Å². The molecule has 1 aromatic carbocycles. The summed E-state index contributed by atoms with van der Waals surface area (Å²) >= 11 is 0. The Labute approximate surface area is 126 Å². The number of carbonyl (C=O) groups is 1. The molecule has 130 valence electrons. The van der Waals surface area contributed by atoms with Crippen LogP contribution in [-0.2, 0) is 4.79 Å². The van der Waals surface area contributed by atoms with E-state index in [4.69, 9.17) is 4.74 Å². The average Bonchev–Trinajstić information content (AvgIpc) is 2.38. The summed E-state index contributed by atoms with van der Waals surface area (Å²) in [7, 11) is 0. The lowest BCUT2D eigenvalue weighted by molar-refractivity contribution is -0.346. The Kier molecular flexibility index (Phi) is 5.17. The minimum Gasteiger partial charge on any atom is -0.487 e. The number of ether oxygens (including phenoxy) is 2. The zero-order chi connectivity index (χ0) is 18.1. The van der Waals surface area contributed by atoms with Crippen LogP contribution in [0.2, 0.25) is 0 Å². The number of benzene rings is 1. The molecule has 0 saturated carbocycles. The second-order valence-electron chi connectivity index (χ2n) is 4.65. The SMILES string of the molecule is CC(C)Oc1ccccc1OC(=O)C(F)(F)C(F)(F)C(F)(F)F. The van der Waals surface area contributed by atoms with Gasteiger partial charge in [-0.1, -0.05) is 12.1 Å². The number of esters is 1. The van der Waals surface area contributed by atoms with Gasteiger partial charge in [-0.3, -0.25) is 0 Å². The number of hydrogen-bond donors (Lipinski definition) is 0. The van der Waals surface area contributed by atoms with Gasteiger partial charge < -0.3 is 9.47 Å². The molecule has 0 N–H and O–H groups in total. The quantitative estimate of drug-likeness (QED) is 0.454. The standard InChI is InChI=1S/C13H11F7O3/c1-7(2)22-8-5-3-4-6-9(8)23-10(21)11(14,15)12(16,17)13(18,19)20/h3-7H,1-2H3. The summed E-state index contributed by atoms with van der Waals surface area (Å²) in [4.78, 5) is 11.2. The minimum absolute atomic E-state index is 0.262. The molecule has 0 spiro atoms. The average molecular weight is 348 g/mol. The summed E-state index contributed by atoms with van der Waals surface area (Å²) in [5.41, 5.74) is 0. The fourth-order valence-electron chi connectivity index (χ4n) is 1.36. The van der Waals surface area contributed by atoms with E-state index in [0.717, 1.165) is 6.07 Å². The van der Waals surface area contributed by atoms with E-state index in [9.17, 15) is 35.5 Å². The zero-order valence-electron chi connectivity index (χ0n) is 11.8. The van der Waals surface area contributed by atoms with E-state index in [1.165, 1.54) is 32.0 Å². The van der Waals surface area contributed by atoms with Crippen LogP contribution in [0.4, 0.5) is 30.7 Å². The molecule has 0 saturated heterocycles. The number of hydrogen-bond acceptors (Lipinski definition) is 3. The molecule has 0 amide bonds. The molecule has 0 aliphatic carbocycles. The first-order valence-electron chi connectivity index (χ1n) is 6.11. The Morgan fingerprint density at radius 1 is 0.957 bits per heavy atom. The molecular weight excluding hydrogens is 337 g/mol. The first-order chi connectivity index (χ1) is 10.3. The maximum atomic E-state index is 13.2. The fourth-order valence-corrected chi connectivity index (χ4v) is 1.36. The molecule has 0 heterocycles. The lowest BCUT2D eigenvalue weighted by atomic mass is 10.1. The largest absolute Gasteiger partial charge is 0.487 e. The van der Waals surface area contributed by atoms with Gasteiger partial charge in [-0.15, -0.1) is 0 Å². The van der Waals surface area contributed by atoms with Crippen LogP contribution in [0.25, 0.3) is 0 Å². The van der Waals surface area contributed by atoms with E-state index in [1.54, 1.807) is 0 Å². The van der Waals surface area contributed by atoms with Gasteiger partial charge in [-0.25, -0.2) is 4.79 Å². The van der Waals surface area contributed by atoms with Gasteiger partial charge >= 0.3 is 24.0 Å². The van der Waals surface area contributed by atoms with Crippen LogP contribution in [0.1, 0.15) is 13.8 Å². The molecule has 1 aromatic rings. The van der Waals surface area contributed by atoms with Crippen LogP contribution in [0.3, 0.4) is 0 Å². The summed E-state index contributed by atoms with van der Waals surface area (Å²) in [5.74, 6) is -16.7. The molecule has 10 heteroatoms. The van der Waals surface area contributed by atoms with Crippen LogP contribution in [0.5, 0.6) is 11.5 Å². The number of para-hydroxylation sites is 2. The smallest absolute Gasteiger partial charge is 0.460 e. The summed E-state index contributed by atoms with van der Waals surface area (Å²) in [6.45, 7) is 3.07. The van der Waals surface area contributed by atoms with Gasteiger partial charge in [0, 0.05) is 0 Å². The topological polar surface area (TPSA) is 35.5 Å². The Morgan fingerprint density at radius 3 is 1.87 bits per heavy atom. The molecule has 0 radical (unpaired) electrons. The number of alkyl halides is 7. The highest BCUT2D eigenvalue weighted by Gasteiger charge is 2.77. The predicted molar refractivity (Wildman–Crippen MR) is 63.8 cm³/mol. The molecule has 0 aliphatic heterocycles. The maximum absolute atomic E-state index is 13.2. The molecule has 0 atom stereocenters. The van der Waals surface area contributed by atoms with Gasteiger partial charge in [0.15, 0.2) is 11.5 Å². The minimum atomic E-state index is -6.62. The molecule has 3 nitrogen and oxygen atoms in total. The first kappa shape index (κ1) is 19.0. The second kappa shape index (κ2) is 6.25. The molecule has 0 unspecified atom stereocenters. The van der Waals surface area contributed by atoms with E-state index < -0.39 is 35.8 Å². The van der Waals surface area contributed by atoms with Crippen molar-refractivity contribution in [1.29, 1.82) is 0 Å². The first-order valence-corrected chi connectivity index (χ1v) is 6.11. The Balaban J connectivity index is 3.09. The fraction of sp³-hybridized carbons (Fsp3) is 0.462. The molecule has 0 aromatic heterocycles. The van der Waals surface area contributed by atoms with Crippen molar-refractivity contribution in [1.82, 2.24) is 0 Å². The third-order valence-electron chi connectivity index (χ3n) is 2.42. The van der Waals surface area contributed by atoms with Crippen molar-refractivity contribution < 1.29 is 45.0 Å². The van der Waals surface area contributed by atoms with E-state index in [0.29, 0.717) is 0 Å². The summed E-state index contributed by atoms with van der Waals surface area (Å²) in [5, 5.41) is 0. The van der Waals surface area contributed by atoms with Gasteiger partial charge in [0.25, 0.3) is 0 Å². The molecule has 0 aliphatic rings. The lowest BCUT2D eigenvalue weighted by Gasteiger charge is -2.26. The van der Waals surface area contributed by atoms with Gasteiger partial charge in [0.05, 0.1) is 6.10 Å². The van der Waals surface area contributed by atoms with E-state index >= 15 is 0 Å². The summed E-state index contributed by atoms with van der Waals surface area (Å²) in [6, 6.07) is 4.63. The van der Waals surface area contributed by atoms with Crippen LogP contribution < -0.4 is 9.47 Å². The van der Waals surface area contributed by atoms with Gasteiger partial charge in [0.1, 0.15) is 0 Å². The van der Waals surface area contributed by atoms with E-state index in [1.807, 2.05) is 0 Å². The van der Waals surface area contributed by atoms with Gasteiger partial charge in [0.2, 0.25) is 0 Å². The Hall–Kier alpha value is -2.00. The summed E-state index contributed by atoms with van der Waals surface area (Å²) < 4.78 is 97.0. The van der Waals surface area contributed by atoms with Crippen molar-refractivity contribution in [2.45, 2.75) is 38.0 Å². The third-order valence-corrected chi connectivity index (χ3v) is 2.42. The Morgan fingerprint density at radius 2 is 1.43 bits per heavy atom. The van der Waals surface area contributed by atoms with Crippen LogP contribution in [0.15, 0.2) is 24.3 Å². The van der Waals surface area contributed by atoms with Crippen molar-refractivity contribution in [3.8, 4) is 11.5 Å². The van der Waals surface area contributed by atoms with Crippen LogP contribution in [-0.4, -0.2) is 30.1 Å². The van der Waals surface area contributed by atoms with E-state index in [2.05, 4.69) is 4.74 Å². The van der Waals surface area contributed by atoms with Crippen LogP contribution in [0, 0.1) is 0 Å². The molecule has 0 fully saturated rings. The number of halogens is 7. The highest BCUT2D eigenvalue weighted by Crippen LogP contribution is 2.47. The maximum Gasteiger partial charge on any atom is 0.460 e. The molecular formula is C13H11F7O3. The highest BCUT2D eigenvalue weighted by atomic mass is 19.4. The highest BCUT2D eigenvalue weighted by molar-refractivity contribution is 5.82. The lowest BCUT2D eigenvalue weighted by Crippen LogP contribution is -2.57. The van der Waals surface area contributed by atoms with Gasteiger partial charge in [-0.2, -0.15) is 30.7 Å². The Bertz CT molecular complexity index is 567.